The van der Waals surface area contributed by atoms with E-state index in [-0.39, 0.29) is 42.7 Å². The predicted molar refractivity (Wildman–Crippen MR) is 82.7 cm³/mol. The molecule has 0 N–H and O–H groups in total. The summed E-state index contributed by atoms with van der Waals surface area (Å²) >= 11 is 5.07. The van der Waals surface area contributed by atoms with E-state index in [1.807, 2.05) is 0 Å². The summed E-state index contributed by atoms with van der Waals surface area (Å²) in [5.41, 5.74) is -0.0780. The third-order valence-corrected chi connectivity index (χ3v) is 2.47. The maximum absolute atomic E-state index is 10.8. The minimum absolute atomic E-state index is 0. The minimum Gasteiger partial charge on any atom is -0.449 e. The molecule has 0 aliphatic carbocycles. The van der Waals surface area contributed by atoms with Crippen LogP contribution in [0.4, 0.5) is 24.5 Å². The van der Waals surface area contributed by atoms with Crippen LogP contribution in [0, 0.1) is 10.1 Å². The minimum atomic E-state index is -0.485. The second-order valence-corrected chi connectivity index (χ2v) is 3.71. The normalized spacial score (nSPS) is 7.64. The monoisotopic (exact) mass is 362 g/mol. The van der Waals surface area contributed by atoms with E-state index < -0.39 is 4.92 Å². The van der Waals surface area contributed by atoms with Crippen molar-refractivity contribution in [2.75, 3.05) is 0 Å². The standard InChI is InChI=1S/C12H8NO3S.ClH.4FH/c14-13(15)9-5-1-2-6-10(9)16-11-7-3-4-8-12(11)17;;;;;/h1-8H;5*1H. The lowest BCUT2D eigenvalue weighted by Gasteiger charge is -2.07. The molecule has 2 aromatic carbocycles. The van der Waals surface area contributed by atoms with Gasteiger partial charge >= 0.3 is 5.69 Å². The van der Waals surface area contributed by atoms with Gasteiger partial charge in [0.15, 0.2) is 0 Å². The maximum atomic E-state index is 10.8. The van der Waals surface area contributed by atoms with Crippen LogP contribution in [-0.4, -0.2) is 4.92 Å². The molecule has 0 spiro atoms. The largest absolute Gasteiger partial charge is 0.449 e. The molecule has 0 aliphatic rings. The van der Waals surface area contributed by atoms with Crippen LogP contribution in [0.15, 0.2) is 53.4 Å². The van der Waals surface area contributed by atoms with E-state index in [1.54, 1.807) is 42.5 Å². The van der Waals surface area contributed by atoms with Gasteiger partial charge in [-0.3, -0.25) is 28.9 Å². The molecule has 0 unspecified atom stereocenters. The summed E-state index contributed by atoms with van der Waals surface area (Å²) in [5.74, 6) is 0.631. The van der Waals surface area contributed by atoms with E-state index in [0.29, 0.717) is 10.6 Å². The van der Waals surface area contributed by atoms with E-state index in [9.17, 15) is 10.1 Å². The Morgan fingerprint density at radius 1 is 0.864 bits per heavy atom. The van der Waals surface area contributed by atoms with Crippen molar-refractivity contribution in [3.63, 3.8) is 0 Å². The Bertz CT molecular complexity index is 578. The zero-order valence-electron chi connectivity index (χ0n) is 10.7. The number of nitro groups is 1. The van der Waals surface area contributed by atoms with E-state index in [0.717, 1.165) is 0 Å². The van der Waals surface area contributed by atoms with Crippen molar-refractivity contribution in [2.45, 2.75) is 4.90 Å². The fraction of sp³-hybridized carbons (Fsp3) is 0. The molecule has 0 aromatic heterocycles. The van der Waals surface area contributed by atoms with E-state index in [1.165, 1.54) is 6.07 Å². The maximum Gasteiger partial charge on any atom is 0.311 e. The van der Waals surface area contributed by atoms with Crippen LogP contribution < -0.4 is 4.74 Å². The quantitative estimate of drug-likeness (QED) is 0.440. The molecule has 0 bridgehead atoms. The van der Waals surface area contributed by atoms with E-state index in [4.69, 9.17) is 17.4 Å². The van der Waals surface area contributed by atoms with Crippen molar-refractivity contribution >= 4 is 30.7 Å². The van der Waals surface area contributed by atoms with Crippen LogP contribution in [0.1, 0.15) is 0 Å². The molecule has 0 atom stereocenters. The molecule has 0 saturated carbocycles. The summed E-state index contributed by atoms with van der Waals surface area (Å²) in [6.07, 6.45) is 0. The molecule has 10 heteroatoms. The van der Waals surface area contributed by atoms with Gasteiger partial charge in [-0.2, -0.15) is 0 Å². The van der Waals surface area contributed by atoms with Crippen LogP contribution in [0.3, 0.4) is 0 Å². The van der Waals surface area contributed by atoms with Crippen LogP contribution in [0.5, 0.6) is 11.5 Å². The molecule has 0 aliphatic heterocycles. The fourth-order valence-electron chi connectivity index (χ4n) is 1.35. The Morgan fingerprint density at radius 2 is 1.32 bits per heavy atom. The number of benzene rings is 2. The first-order valence-electron chi connectivity index (χ1n) is 4.86. The van der Waals surface area contributed by atoms with E-state index in [2.05, 4.69) is 0 Å². The number of hydrogen-bond acceptors (Lipinski definition) is 3. The molecule has 22 heavy (non-hydrogen) atoms. The lowest BCUT2D eigenvalue weighted by Crippen LogP contribution is -1.93. The molecule has 0 heterocycles. The molecule has 125 valence electrons. The molecule has 1 radical (unpaired) electrons. The molecular formula is C12H13ClF4NO3S. The van der Waals surface area contributed by atoms with Crippen LogP contribution >= 0.6 is 25.0 Å². The van der Waals surface area contributed by atoms with Gasteiger partial charge in [-0.05, 0) is 18.2 Å². The van der Waals surface area contributed by atoms with Gasteiger partial charge in [0.2, 0.25) is 5.75 Å². The third kappa shape index (κ3) is 6.55. The summed E-state index contributed by atoms with van der Waals surface area (Å²) < 4.78 is 5.46. The molecule has 4 nitrogen and oxygen atoms in total. The Kier molecular flexibility index (Phi) is 16.1. The summed E-state index contributed by atoms with van der Waals surface area (Å²) in [5, 5.41) is 10.8. The molecule has 0 fully saturated rings. The van der Waals surface area contributed by atoms with Crippen LogP contribution in [0.2, 0.25) is 0 Å². The van der Waals surface area contributed by atoms with Gasteiger partial charge in [-0.1, -0.05) is 36.9 Å². The smallest absolute Gasteiger partial charge is 0.311 e. The van der Waals surface area contributed by atoms with Gasteiger partial charge in [0.25, 0.3) is 0 Å². The predicted octanol–water partition coefficient (Wildman–Crippen LogP) is 4.98. The van der Waals surface area contributed by atoms with Crippen molar-refractivity contribution < 1.29 is 28.5 Å². The van der Waals surface area contributed by atoms with Crippen molar-refractivity contribution in [1.29, 1.82) is 0 Å². The topological polar surface area (TPSA) is 52.4 Å². The SMILES string of the molecule is Cl.F.F.F.F.O=[N+]([O-])c1ccccc1Oc1ccccc1[S]. The summed E-state index contributed by atoms with van der Waals surface area (Å²) in [4.78, 5) is 10.8. The van der Waals surface area contributed by atoms with Crippen molar-refractivity contribution in [3.05, 3.63) is 58.6 Å². The summed E-state index contributed by atoms with van der Waals surface area (Å²) in [6.45, 7) is 0. The fourth-order valence-corrected chi connectivity index (χ4v) is 1.54. The first kappa shape index (κ1) is 28.1. The van der Waals surface area contributed by atoms with E-state index >= 15 is 0 Å². The molecule has 2 aromatic rings. The second kappa shape index (κ2) is 12.6. The molecular weight excluding hydrogens is 350 g/mol. The van der Waals surface area contributed by atoms with Gasteiger partial charge in [0, 0.05) is 6.07 Å². The van der Waals surface area contributed by atoms with Crippen LogP contribution in [-0.2, 0) is 0 Å². The average Bonchev–Trinajstić information content (AvgIpc) is 2.32. The summed E-state index contributed by atoms with van der Waals surface area (Å²) in [6, 6.07) is 13.1. The zero-order chi connectivity index (χ0) is 12.3. The third-order valence-electron chi connectivity index (χ3n) is 2.13. The zero-order valence-corrected chi connectivity index (χ0v) is 12.4. The molecule has 2 rings (SSSR count). The highest BCUT2D eigenvalue weighted by Gasteiger charge is 2.15. The summed E-state index contributed by atoms with van der Waals surface area (Å²) in [7, 11) is 0. The molecule has 0 amide bonds. The van der Waals surface area contributed by atoms with Crippen molar-refractivity contribution in [3.8, 4) is 11.5 Å². The average molecular weight is 363 g/mol. The highest BCUT2D eigenvalue weighted by Crippen LogP contribution is 2.33. The lowest BCUT2D eigenvalue weighted by atomic mass is 10.3. The highest BCUT2D eigenvalue weighted by atomic mass is 35.5. The highest BCUT2D eigenvalue weighted by molar-refractivity contribution is 7.80. The van der Waals surface area contributed by atoms with Crippen molar-refractivity contribution in [1.82, 2.24) is 0 Å². The first-order chi connectivity index (χ1) is 8.18. The number of halogens is 5. The molecule has 0 saturated heterocycles. The van der Waals surface area contributed by atoms with Gasteiger partial charge < -0.3 is 4.74 Å². The Balaban J connectivity index is -0.000000324. The Labute approximate surface area is 134 Å². The number of para-hydroxylation sites is 3. The first-order valence-corrected chi connectivity index (χ1v) is 5.26. The number of rotatable bonds is 3. The number of nitrogens with zero attached hydrogens (tertiary/aromatic N) is 1. The van der Waals surface area contributed by atoms with Gasteiger partial charge in [0.1, 0.15) is 5.75 Å². The van der Waals surface area contributed by atoms with Gasteiger partial charge in [-0.25, -0.2) is 0 Å². The number of hydrogen-bond donors (Lipinski definition) is 0. The number of ether oxygens (including phenoxy) is 1. The van der Waals surface area contributed by atoms with Crippen LogP contribution in [0.25, 0.3) is 0 Å². The Morgan fingerprint density at radius 3 is 1.82 bits per heavy atom. The van der Waals surface area contributed by atoms with Crippen molar-refractivity contribution in [2.24, 2.45) is 0 Å². The second-order valence-electron chi connectivity index (χ2n) is 3.27. The van der Waals surface area contributed by atoms with Gasteiger partial charge in [-0.15, -0.1) is 12.4 Å². The number of nitro benzene ring substituents is 1. The lowest BCUT2D eigenvalue weighted by molar-refractivity contribution is -0.385. The van der Waals surface area contributed by atoms with Gasteiger partial charge in [0.05, 0.1) is 9.82 Å². The Hall–Kier alpha value is -2.13.